The van der Waals surface area contributed by atoms with Crippen LogP contribution in [0, 0.1) is 6.92 Å². The topological polar surface area (TPSA) is 41.1 Å². The second-order valence-corrected chi connectivity index (χ2v) is 3.59. The Morgan fingerprint density at radius 2 is 2.21 bits per heavy atom. The Kier molecular flexibility index (Phi) is 2.15. The highest BCUT2D eigenvalue weighted by Crippen LogP contribution is 2.30. The Balaban J connectivity index is 2.40. The number of nitrogens with one attached hydrogen (secondary N) is 2. The molecule has 1 atom stereocenters. The standard InChI is InChI=1S/C11H14N2O/c1-3-8-11(14)13-9-6-4-5-7(2)10(9)12-8/h4-6,8,12H,3H2,1-2H3,(H,13,14). The molecule has 14 heavy (non-hydrogen) atoms. The van der Waals surface area contributed by atoms with Gasteiger partial charge < -0.3 is 10.6 Å². The largest absolute Gasteiger partial charge is 0.372 e. The molecule has 0 bridgehead atoms. The third-order valence-corrected chi connectivity index (χ3v) is 2.57. The van der Waals surface area contributed by atoms with Crippen molar-refractivity contribution in [1.82, 2.24) is 0 Å². The molecule has 1 heterocycles. The lowest BCUT2D eigenvalue weighted by molar-refractivity contribution is -0.117. The molecule has 0 saturated heterocycles. The van der Waals surface area contributed by atoms with Gasteiger partial charge in [0.1, 0.15) is 6.04 Å². The third-order valence-electron chi connectivity index (χ3n) is 2.57. The van der Waals surface area contributed by atoms with E-state index in [9.17, 15) is 4.79 Å². The number of hydrogen-bond acceptors (Lipinski definition) is 2. The summed E-state index contributed by atoms with van der Waals surface area (Å²) in [5.41, 5.74) is 3.11. The number of rotatable bonds is 1. The van der Waals surface area contributed by atoms with Gasteiger partial charge in [-0.2, -0.15) is 0 Å². The molecule has 2 N–H and O–H groups in total. The molecule has 1 aromatic rings. The van der Waals surface area contributed by atoms with Gasteiger partial charge in [-0.05, 0) is 25.0 Å². The monoisotopic (exact) mass is 190 g/mol. The fourth-order valence-electron chi connectivity index (χ4n) is 1.71. The summed E-state index contributed by atoms with van der Waals surface area (Å²) in [5, 5.41) is 6.15. The highest BCUT2D eigenvalue weighted by Gasteiger charge is 2.24. The first kappa shape index (κ1) is 9.06. The van der Waals surface area contributed by atoms with Gasteiger partial charge in [0, 0.05) is 0 Å². The van der Waals surface area contributed by atoms with E-state index in [1.54, 1.807) is 0 Å². The van der Waals surface area contributed by atoms with Gasteiger partial charge in [0.25, 0.3) is 0 Å². The van der Waals surface area contributed by atoms with Crippen LogP contribution in [0.25, 0.3) is 0 Å². The van der Waals surface area contributed by atoms with Crippen molar-refractivity contribution in [1.29, 1.82) is 0 Å². The molecule has 0 fully saturated rings. The molecular weight excluding hydrogens is 176 g/mol. The van der Waals surface area contributed by atoms with E-state index in [0.29, 0.717) is 0 Å². The average molecular weight is 190 g/mol. The minimum atomic E-state index is -0.0939. The molecule has 1 aliphatic heterocycles. The number of anilines is 2. The Morgan fingerprint density at radius 3 is 2.93 bits per heavy atom. The first-order chi connectivity index (χ1) is 6.72. The highest BCUT2D eigenvalue weighted by atomic mass is 16.2. The number of carbonyl (C=O) groups is 1. The van der Waals surface area contributed by atoms with Crippen LogP contribution < -0.4 is 10.6 Å². The SMILES string of the molecule is CCC1Nc2c(C)cccc2NC1=O. The van der Waals surface area contributed by atoms with Crippen molar-refractivity contribution in [2.24, 2.45) is 0 Å². The van der Waals surface area contributed by atoms with Gasteiger partial charge in [0.05, 0.1) is 11.4 Å². The number of carbonyl (C=O) groups excluding carboxylic acids is 1. The quantitative estimate of drug-likeness (QED) is 0.712. The zero-order valence-corrected chi connectivity index (χ0v) is 8.42. The summed E-state index contributed by atoms with van der Waals surface area (Å²) < 4.78 is 0. The summed E-state index contributed by atoms with van der Waals surface area (Å²) in [6.45, 7) is 4.04. The van der Waals surface area contributed by atoms with Gasteiger partial charge in [-0.1, -0.05) is 19.1 Å². The highest BCUT2D eigenvalue weighted by molar-refractivity contribution is 6.03. The van der Waals surface area contributed by atoms with Crippen LogP contribution in [0.2, 0.25) is 0 Å². The number of benzene rings is 1. The summed E-state index contributed by atoms with van der Waals surface area (Å²) in [6.07, 6.45) is 0.805. The molecule has 3 heteroatoms. The predicted octanol–water partition coefficient (Wildman–Crippen LogP) is 2.14. The Hall–Kier alpha value is -1.51. The van der Waals surface area contributed by atoms with Gasteiger partial charge in [-0.25, -0.2) is 0 Å². The lowest BCUT2D eigenvalue weighted by Crippen LogP contribution is -2.38. The van der Waals surface area contributed by atoms with Crippen LogP contribution >= 0.6 is 0 Å². The number of aryl methyl sites for hydroxylation is 1. The number of hydrogen-bond donors (Lipinski definition) is 2. The second-order valence-electron chi connectivity index (χ2n) is 3.59. The summed E-state index contributed by atoms with van der Waals surface area (Å²) >= 11 is 0. The molecule has 2 rings (SSSR count). The van der Waals surface area contributed by atoms with Gasteiger partial charge >= 0.3 is 0 Å². The molecular formula is C11H14N2O. The van der Waals surface area contributed by atoms with E-state index in [4.69, 9.17) is 0 Å². The Labute approximate surface area is 83.5 Å². The fraction of sp³-hybridized carbons (Fsp3) is 0.364. The summed E-state index contributed by atoms with van der Waals surface area (Å²) in [7, 11) is 0. The van der Waals surface area contributed by atoms with Crippen LogP contribution in [0.1, 0.15) is 18.9 Å². The molecule has 0 saturated carbocycles. The van der Waals surface area contributed by atoms with Crippen molar-refractivity contribution >= 4 is 17.3 Å². The van der Waals surface area contributed by atoms with Crippen LogP contribution in [0.4, 0.5) is 11.4 Å². The zero-order valence-electron chi connectivity index (χ0n) is 8.42. The molecule has 0 radical (unpaired) electrons. The second kappa shape index (κ2) is 3.33. The molecule has 0 aliphatic carbocycles. The van der Waals surface area contributed by atoms with Crippen LogP contribution in [-0.4, -0.2) is 11.9 Å². The molecule has 1 aromatic carbocycles. The average Bonchev–Trinajstić information content (AvgIpc) is 2.17. The van der Waals surface area contributed by atoms with E-state index in [0.717, 1.165) is 17.8 Å². The molecule has 1 amide bonds. The van der Waals surface area contributed by atoms with E-state index in [1.807, 2.05) is 32.0 Å². The van der Waals surface area contributed by atoms with Crippen molar-refractivity contribution in [3.8, 4) is 0 Å². The van der Waals surface area contributed by atoms with E-state index < -0.39 is 0 Å². The molecule has 1 unspecified atom stereocenters. The maximum Gasteiger partial charge on any atom is 0.246 e. The van der Waals surface area contributed by atoms with E-state index in [2.05, 4.69) is 10.6 Å². The third kappa shape index (κ3) is 1.35. The Morgan fingerprint density at radius 1 is 1.43 bits per heavy atom. The predicted molar refractivity (Wildman–Crippen MR) is 57.5 cm³/mol. The van der Waals surface area contributed by atoms with Gasteiger partial charge in [-0.15, -0.1) is 0 Å². The number of amides is 1. The van der Waals surface area contributed by atoms with E-state index >= 15 is 0 Å². The molecule has 0 aromatic heterocycles. The summed E-state index contributed by atoms with van der Waals surface area (Å²) in [5.74, 6) is 0.0607. The smallest absolute Gasteiger partial charge is 0.246 e. The maximum absolute atomic E-state index is 11.5. The molecule has 3 nitrogen and oxygen atoms in total. The zero-order chi connectivity index (χ0) is 10.1. The maximum atomic E-state index is 11.5. The van der Waals surface area contributed by atoms with Gasteiger partial charge in [-0.3, -0.25) is 4.79 Å². The van der Waals surface area contributed by atoms with Crippen LogP contribution in [0.15, 0.2) is 18.2 Å². The van der Waals surface area contributed by atoms with Crippen molar-refractivity contribution < 1.29 is 4.79 Å². The van der Waals surface area contributed by atoms with Crippen molar-refractivity contribution in [2.45, 2.75) is 26.3 Å². The van der Waals surface area contributed by atoms with Gasteiger partial charge in [0.15, 0.2) is 0 Å². The minimum Gasteiger partial charge on any atom is -0.372 e. The normalized spacial score (nSPS) is 19.6. The first-order valence-electron chi connectivity index (χ1n) is 4.89. The Bertz CT molecular complexity index is 374. The van der Waals surface area contributed by atoms with Gasteiger partial charge in [0.2, 0.25) is 5.91 Å². The molecule has 0 spiro atoms. The van der Waals surface area contributed by atoms with Crippen LogP contribution in [0.5, 0.6) is 0 Å². The lowest BCUT2D eigenvalue weighted by Gasteiger charge is -2.27. The van der Waals surface area contributed by atoms with Crippen molar-refractivity contribution in [2.75, 3.05) is 10.6 Å². The summed E-state index contributed by atoms with van der Waals surface area (Å²) in [6, 6.07) is 5.81. The lowest BCUT2D eigenvalue weighted by atomic mass is 10.1. The minimum absolute atomic E-state index is 0.0607. The first-order valence-corrected chi connectivity index (χ1v) is 4.89. The fourth-order valence-corrected chi connectivity index (χ4v) is 1.71. The van der Waals surface area contributed by atoms with E-state index in [1.165, 1.54) is 5.56 Å². The van der Waals surface area contributed by atoms with Crippen LogP contribution in [0.3, 0.4) is 0 Å². The number of para-hydroxylation sites is 1. The molecule has 1 aliphatic rings. The van der Waals surface area contributed by atoms with Crippen molar-refractivity contribution in [3.63, 3.8) is 0 Å². The summed E-state index contributed by atoms with van der Waals surface area (Å²) in [4.78, 5) is 11.5. The van der Waals surface area contributed by atoms with Crippen LogP contribution in [-0.2, 0) is 4.79 Å². The van der Waals surface area contributed by atoms with Crippen molar-refractivity contribution in [3.05, 3.63) is 23.8 Å². The molecule has 74 valence electrons. The number of fused-ring (bicyclic) bond motifs is 1. The van der Waals surface area contributed by atoms with E-state index in [-0.39, 0.29) is 11.9 Å².